The van der Waals surface area contributed by atoms with Crippen LogP contribution < -0.4 is 10.6 Å². The molecule has 0 bridgehead atoms. The number of pyridine rings is 1. The number of nitrogens with zero attached hydrogens (tertiary/aromatic N) is 2. The van der Waals surface area contributed by atoms with E-state index in [0.717, 1.165) is 56.2 Å². The predicted molar refractivity (Wildman–Crippen MR) is 131 cm³/mol. The zero-order valence-corrected chi connectivity index (χ0v) is 20.2. The van der Waals surface area contributed by atoms with Crippen molar-refractivity contribution in [3.05, 3.63) is 58.5 Å². The molecule has 1 aromatic carbocycles. The van der Waals surface area contributed by atoms with Crippen LogP contribution in [0.2, 0.25) is 0 Å². The van der Waals surface area contributed by atoms with Crippen LogP contribution in [0.5, 0.6) is 0 Å². The number of rotatable bonds is 12. The number of ether oxygens (including phenoxy) is 1. The summed E-state index contributed by atoms with van der Waals surface area (Å²) in [5, 5.41) is 24.9. The minimum Gasteiger partial charge on any atom is -0.480 e. The normalized spacial score (nSPS) is 16.2. The van der Waals surface area contributed by atoms with Crippen molar-refractivity contribution in [2.24, 2.45) is 0 Å². The van der Waals surface area contributed by atoms with Gasteiger partial charge in [0.25, 0.3) is 0 Å². The van der Waals surface area contributed by atoms with Crippen LogP contribution >= 0.6 is 0 Å². The van der Waals surface area contributed by atoms with E-state index in [9.17, 15) is 24.3 Å². The van der Waals surface area contributed by atoms with Gasteiger partial charge in [0, 0.05) is 31.9 Å². The number of carbonyl (C=O) groups excluding carboxylic acids is 1. The molecule has 1 atom stereocenters. The van der Waals surface area contributed by atoms with Crippen molar-refractivity contribution in [2.75, 3.05) is 25.1 Å². The van der Waals surface area contributed by atoms with Crippen molar-refractivity contribution >= 4 is 17.7 Å². The van der Waals surface area contributed by atoms with Crippen molar-refractivity contribution in [3.63, 3.8) is 0 Å². The summed E-state index contributed by atoms with van der Waals surface area (Å²) in [6.45, 7) is 1.66. The molecule has 3 N–H and O–H groups in total. The number of carbonyl (C=O) groups is 2. The molecule has 1 saturated carbocycles. The summed E-state index contributed by atoms with van der Waals surface area (Å²) in [7, 11) is 0. The SMILES string of the molecule is N#Cc1cc(F)ccc1C1(C(=O)N[C@@H](CCOCCCCc2ccc3c(n2)NCCC3)C(=O)O)CC1. The first-order chi connectivity index (χ1) is 17.4. The molecule has 1 aliphatic carbocycles. The van der Waals surface area contributed by atoms with Gasteiger partial charge in [0.1, 0.15) is 17.7 Å². The Labute approximate surface area is 209 Å². The van der Waals surface area contributed by atoms with E-state index >= 15 is 0 Å². The first-order valence-corrected chi connectivity index (χ1v) is 12.5. The molecule has 1 aromatic heterocycles. The highest BCUT2D eigenvalue weighted by molar-refractivity contribution is 5.94. The predicted octanol–water partition coefficient (Wildman–Crippen LogP) is 3.48. The van der Waals surface area contributed by atoms with Gasteiger partial charge >= 0.3 is 5.97 Å². The highest BCUT2D eigenvalue weighted by Gasteiger charge is 2.53. The number of carboxylic acids is 1. The number of fused-ring (bicyclic) bond motifs is 1. The summed E-state index contributed by atoms with van der Waals surface area (Å²) >= 11 is 0. The Morgan fingerprint density at radius 2 is 2.08 bits per heavy atom. The van der Waals surface area contributed by atoms with Crippen LogP contribution in [-0.2, 0) is 32.6 Å². The molecule has 1 fully saturated rings. The molecule has 1 aliphatic heterocycles. The number of hydrogen-bond acceptors (Lipinski definition) is 6. The van der Waals surface area contributed by atoms with E-state index in [4.69, 9.17) is 4.74 Å². The number of hydrogen-bond donors (Lipinski definition) is 3. The number of carboxylic acid groups (broad SMARTS) is 1. The van der Waals surface area contributed by atoms with E-state index < -0.39 is 29.2 Å². The fourth-order valence-corrected chi connectivity index (χ4v) is 4.65. The zero-order chi connectivity index (χ0) is 25.5. The Kier molecular flexibility index (Phi) is 8.16. The molecule has 1 amide bonds. The second kappa shape index (κ2) is 11.5. The fourth-order valence-electron chi connectivity index (χ4n) is 4.65. The third kappa shape index (κ3) is 6.00. The molecule has 0 saturated heterocycles. The van der Waals surface area contributed by atoms with Crippen LogP contribution in [0.25, 0.3) is 0 Å². The summed E-state index contributed by atoms with van der Waals surface area (Å²) in [5.74, 6) is -1.16. The van der Waals surface area contributed by atoms with Gasteiger partial charge in [0.05, 0.1) is 17.0 Å². The quantitative estimate of drug-likeness (QED) is 0.386. The van der Waals surface area contributed by atoms with Crippen LogP contribution in [0, 0.1) is 17.1 Å². The smallest absolute Gasteiger partial charge is 0.326 e. The average molecular weight is 495 g/mol. The van der Waals surface area contributed by atoms with Crippen molar-refractivity contribution in [1.29, 1.82) is 5.26 Å². The number of aryl methyl sites for hydroxylation is 2. The molecule has 0 unspecified atom stereocenters. The Bertz CT molecular complexity index is 1160. The largest absolute Gasteiger partial charge is 0.480 e. The van der Waals surface area contributed by atoms with Crippen LogP contribution in [-0.4, -0.2) is 47.8 Å². The lowest BCUT2D eigenvalue weighted by atomic mass is 9.90. The van der Waals surface area contributed by atoms with Gasteiger partial charge in [-0.25, -0.2) is 14.2 Å². The Hall–Kier alpha value is -3.51. The van der Waals surface area contributed by atoms with Crippen molar-refractivity contribution in [2.45, 2.75) is 62.8 Å². The molecule has 2 aliphatic rings. The van der Waals surface area contributed by atoms with Crippen molar-refractivity contribution < 1.29 is 23.8 Å². The molecule has 8 nitrogen and oxygen atoms in total. The highest BCUT2D eigenvalue weighted by atomic mass is 19.1. The molecular weight excluding hydrogens is 463 g/mol. The summed E-state index contributed by atoms with van der Waals surface area (Å²) in [6, 6.07) is 8.80. The Morgan fingerprint density at radius 3 is 2.83 bits per heavy atom. The second-order valence-corrected chi connectivity index (χ2v) is 9.45. The van der Waals surface area contributed by atoms with Gasteiger partial charge < -0.3 is 20.5 Å². The summed E-state index contributed by atoms with van der Waals surface area (Å²) in [5.41, 5.74) is 1.87. The number of amides is 1. The molecule has 4 rings (SSSR count). The van der Waals surface area contributed by atoms with Gasteiger partial charge in [-0.2, -0.15) is 5.26 Å². The second-order valence-electron chi connectivity index (χ2n) is 9.45. The number of halogens is 1. The molecule has 2 aromatic rings. The number of unbranched alkanes of at least 4 members (excludes halogenated alkanes) is 1. The number of anilines is 1. The third-order valence-corrected chi connectivity index (χ3v) is 6.88. The maximum absolute atomic E-state index is 13.5. The van der Waals surface area contributed by atoms with E-state index in [1.165, 1.54) is 17.7 Å². The van der Waals surface area contributed by atoms with Gasteiger partial charge in [-0.1, -0.05) is 12.1 Å². The maximum Gasteiger partial charge on any atom is 0.326 e. The Balaban J connectivity index is 1.20. The lowest BCUT2D eigenvalue weighted by Gasteiger charge is -2.21. The monoisotopic (exact) mass is 494 g/mol. The van der Waals surface area contributed by atoms with Gasteiger partial charge in [-0.15, -0.1) is 0 Å². The minimum absolute atomic E-state index is 0.0970. The van der Waals surface area contributed by atoms with Crippen LogP contribution in [0.4, 0.5) is 10.2 Å². The van der Waals surface area contributed by atoms with Crippen molar-refractivity contribution in [1.82, 2.24) is 10.3 Å². The van der Waals surface area contributed by atoms with Crippen LogP contribution in [0.3, 0.4) is 0 Å². The Morgan fingerprint density at radius 1 is 1.25 bits per heavy atom. The number of aliphatic carboxylic acids is 1. The number of benzene rings is 1. The molecule has 9 heteroatoms. The molecule has 190 valence electrons. The third-order valence-electron chi connectivity index (χ3n) is 6.88. The van der Waals surface area contributed by atoms with E-state index in [1.807, 2.05) is 6.07 Å². The molecular formula is C27H31FN4O4. The number of aromatic nitrogens is 1. The van der Waals surface area contributed by atoms with Crippen molar-refractivity contribution in [3.8, 4) is 6.07 Å². The highest BCUT2D eigenvalue weighted by Crippen LogP contribution is 2.49. The van der Waals surface area contributed by atoms with Crippen LogP contribution in [0.15, 0.2) is 30.3 Å². The molecule has 0 radical (unpaired) electrons. The molecule has 36 heavy (non-hydrogen) atoms. The first kappa shape index (κ1) is 25.6. The first-order valence-electron chi connectivity index (χ1n) is 12.5. The summed E-state index contributed by atoms with van der Waals surface area (Å²) in [4.78, 5) is 29.4. The lowest BCUT2D eigenvalue weighted by molar-refractivity contribution is -0.142. The van der Waals surface area contributed by atoms with E-state index in [1.54, 1.807) is 0 Å². The van der Waals surface area contributed by atoms with Crippen LogP contribution in [0.1, 0.15) is 60.9 Å². The lowest BCUT2D eigenvalue weighted by Crippen LogP contribution is -2.46. The van der Waals surface area contributed by atoms with E-state index in [-0.39, 0.29) is 18.6 Å². The number of nitriles is 1. The van der Waals surface area contributed by atoms with E-state index in [2.05, 4.69) is 27.8 Å². The number of nitrogens with one attached hydrogen (secondary N) is 2. The fraction of sp³-hybridized carbons (Fsp3) is 0.481. The zero-order valence-electron chi connectivity index (χ0n) is 20.2. The molecule has 0 spiro atoms. The summed E-state index contributed by atoms with van der Waals surface area (Å²) < 4.78 is 19.1. The van der Waals surface area contributed by atoms with E-state index in [0.29, 0.717) is 25.0 Å². The van der Waals surface area contributed by atoms with Gasteiger partial charge in [-0.3, -0.25) is 4.79 Å². The molecule has 2 heterocycles. The van der Waals surface area contributed by atoms with Gasteiger partial charge in [-0.05, 0) is 74.3 Å². The maximum atomic E-state index is 13.5. The van der Waals surface area contributed by atoms with Gasteiger partial charge in [0.15, 0.2) is 0 Å². The van der Waals surface area contributed by atoms with Gasteiger partial charge in [0.2, 0.25) is 5.91 Å². The standard InChI is InChI=1S/C27H31FN4O4/c28-20-7-9-22(19(16-20)17-29)27(11-12-27)26(35)32-23(25(33)34)10-15-36-14-2-1-5-21-8-6-18-4-3-13-30-24(18)31-21/h6-9,16,23H,1-5,10-15H2,(H,30,31)(H,32,35)(H,33,34)/t23-/m0/s1. The topological polar surface area (TPSA) is 124 Å². The summed E-state index contributed by atoms with van der Waals surface area (Å²) in [6.07, 6.45) is 5.87. The minimum atomic E-state index is -1.14. The average Bonchev–Trinajstić information content (AvgIpc) is 3.69.